The van der Waals surface area contributed by atoms with Crippen molar-refractivity contribution in [3.8, 4) is 0 Å². The summed E-state index contributed by atoms with van der Waals surface area (Å²) in [6.07, 6.45) is 0. The van der Waals surface area contributed by atoms with Crippen molar-refractivity contribution in [2.45, 2.75) is 20.5 Å². The zero-order valence-corrected chi connectivity index (χ0v) is 7.53. The van der Waals surface area contributed by atoms with Crippen molar-refractivity contribution in [1.82, 2.24) is 9.97 Å². The molecule has 0 amide bonds. The molecule has 0 spiro atoms. The molecule has 0 aliphatic heterocycles. The third kappa shape index (κ3) is 1.29. The molecule has 1 N–H and O–H groups in total. The van der Waals surface area contributed by atoms with Crippen LogP contribution in [-0.2, 0) is 6.61 Å². The van der Waals surface area contributed by atoms with E-state index >= 15 is 0 Å². The highest BCUT2D eigenvalue weighted by Gasteiger charge is 2.07. The highest BCUT2D eigenvalue weighted by Crippen LogP contribution is 2.17. The van der Waals surface area contributed by atoms with Crippen LogP contribution in [0.25, 0.3) is 11.2 Å². The smallest absolute Gasteiger partial charge is 0.247 e. The van der Waals surface area contributed by atoms with Crippen molar-refractivity contribution >= 4 is 11.2 Å². The number of fused-ring (bicyclic) bond motifs is 1. The molecule has 0 fully saturated rings. The van der Waals surface area contributed by atoms with Crippen LogP contribution in [0.4, 0.5) is 0 Å². The minimum Gasteiger partial charge on any atom is -0.423 e. The van der Waals surface area contributed by atoms with Crippen molar-refractivity contribution in [1.29, 1.82) is 0 Å². The standard InChI is InChI=1S/C9H10N2O2/c1-5-3-7(4-12)11-9-8(5)10-6(2)13-9/h3,12H,4H2,1-2H3. The van der Waals surface area contributed by atoms with Gasteiger partial charge in [-0.15, -0.1) is 0 Å². The molecule has 0 aliphatic carbocycles. The van der Waals surface area contributed by atoms with Crippen LogP contribution in [0.3, 0.4) is 0 Å². The maximum Gasteiger partial charge on any atom is 0.247 e. The summed E-state index contributed by atoms with van der Waals surface area (Å²) in [5, 5.41) is 8.90. The first-order valence-corrected chi connectivity index (χ1v) is 4.05. The van der Waals surface area contributed by atoms with Crippen molar-refractivity contribution in [3.05, 3.63) is 23.2 Å². The second-order valence-electron chi connectivity index (χ2n) is 2.98. The summed E-state index contributed by atoms with van der Waals surface area (Å²) in [7, 11) is 0. The Bertz CT molecular complexity index is 448. The molecule has 0 atom stereocenters. The van der Waals surface area contributed by atoms with Gasteiger partial charge < -0.3 is 9.52 Å². The van der Waals surface area contributed by atoms with Crippen LogP contribution in [-0.4, -0.2) is 15.1 Å². The van der Waals surface area contributed by atoms with Crippen molar-refractivity contribution in [2.75, 3.05) is 0 Å². The molecule has 4 nitrogen and oxygen atoms in total. The number of aryl methyl sites for hydroxylation is 2. The first-order chi connectivity index (χ1) is 6.20. The van der Waals surface area contributed by atoms with Gasteiger partial charge in [0.05, 0.1) is 12.3 Å². The van der Waals surface area contributed by atoms with E-state index in [2.05, 4.69) is 9.97 Å². The Balaban J connectivity index is 2.75. The summed E-state index contributed by atoms with van der Waals surface area (Å²) in [5.74, 6) is 0.598. The zero-order chi connectivity index (χ0) is 9.42. The van der Waals surface area contributed by atoms with E-state index in [1.165, 1.54) is 0 Å². The maximum absolute atomic E-state index is 8.90. The third-order valence-electron chi connectivity index (χ3n) is 1.88. The van der Waals surface area contributed by atoms with Gasteiger partial charge in [-0.25, -0.2) is 9.97 Å². The Hall–Kier alpha value is -1.42. The topological polar surface area (TPSA) is 59.2 Å². The molecule has 0 radical (unpaired) electrons. The highest BCUT2D eigenvalue weighted by atomic mass is 16.4. The number of aliphatic hydroxyl groups is 1. The van der Waals surface area contributed by atoms with E-state index in [-0.39, 0.29) is 6.61 Å². The van der Waals surface area contributed by atoms with Gasteiger partial charge in [-0.05, 0) is 18.6 Å². The Labute approximate surface area is 75.2 Å². The number of hydrogen-bond donors (Lipinski definition) is 1. The Morgan fingerprint density at radius 3 is 2.85 bits per heavy atom. The van der Waals surface area contributed by atoms with Crippen molar-refractivity contribution in [3.63, 3.8) is 0 Å². The molecule has 0 saturated heterocycles. The molecular weight excluding hydrogens is 168 g/mol. The van der Waals surface area contributed by atoms with E-state index < -0.39 is 0 Å². The summed E-state index contributed by atoms with van der Waals surface area (Å²) < 4.78 is 5.26. The molecule has 4 heteroatoms. The predicted molar refractivity (Wildman–Crippen MR) is 47.2 cm³/mol. The van der Waals surface area contributed by atoms with Gasteiger partial charge in [0.15, 0.2) is 5.89 Å². The van der Waals surface area contributed by atoms with Crippen LogP contribution in [0.1, 0.15) is 17.1 Å². The molecule has 2 aromatic heterocycles. The second kappa shape index (κ2) is 2.81. The second-order valence-corrected chi connectivity index (χ2v) is 2.98. The summed E-state index contributed by atoms with van der Waals surface area (Å²) in [6.45, 7) is 3.63. The predicted octanol–water partition coefficient (Wildman–Crippen LogP) is 1.33. The molecule has 2 aromatic rings. The monoisotopic (exact) mass is 178 g/mol. The zero-order valence-electron chi connectivity index (χ0n) is 7.53. The third-order valence-corrected chi connectivity index (χ3v) is 1.88. The van der Waals surface area contributed by atoms with Gasteiger partial charge in [-0.3, -0.25) is 0 Å². The summed E-state index contributed by atoms with van der Waals surface area (Å²) in [6, 6.07) is 1.81. The molecule has 0 bridgehead atoms. The Kier molecular flexibility index (Phi) is 1.77. The number of aliphatic hydroxyl groups excluding tert-OH is 1. The SMILES string of the molecule is Cc1nc2c(C)cc(CO)nc2o1. The molecule has 2 rings (SSSR count). The Morgan fingerprint density at radius 2 is 2.15 bits per heavy atom. The number of nitrogens with zero attached hydrogens (tertiary/aromatic N) is 2. The number of oxazole rings is 1. The largest absolute Gasteiger partial charge is 0.423 e. The van der Waals surface area contributed by atoms with Crippen molar-refractivity contribution < 1.29 is 9.52 Å². The lowest BCUT2D eigenvalue weighted by molar-refractivity contribution is 0.276. The summed E-state index contributed by atoms with van der Waals surface area (Å²) in [5.41, 5.74) is 2.86. The van der Waals surface area contributed by atoms with Gasteiger partial charge in [0.1, 0.15) is 5.52 Å². The van der Waals surface area contributed by atoms with Crippen LogP contribution < -0.4 is 0 Å². The lowest BCUT2D eigenvalue weighted by Crippen LogP contribution is -1.90. The summed E-state index contributed by atoms with van der Waals surface area (Å²) in [4.78, 5) is 8.27. The number of hydrogen-bond acceptors (Lipinski definition) is 4. The molecular formula is C9H10N2O2. The fourth-order valence-corrected chi connectivity index (χ4v) is 1.31. The minimum absolute atomic E-state index is 0.0729. The van der Waals surface area contributed by atoms with Crippen LogP contribution in [0, 0.1) is 13.8 Å². The first kappa shape index (κ1) is 8.19. The van der Waals surface area contributed by atoms with E-state index in [0.717, 1.165) is 11.1 Å². The number of rotatable bonds is 1. The molecule has 0 unspecified atom stereocenters. The minimum atomic E-state index is -0.0729. The van der Waals surface area contributed by atoms with Gasteiger partial charge >= 0.3 is 0 Å². The fourth-order valence-electron chi connectivity index (χ4n) is 1.31. The average molecular weight is 178 g/mol. The maximum atomic E-state index is 8.90. The van der Waals surface area contributed by atoms with E-state index in [4.69, 9.17) is 9.52 Å². The molecule has 13 heavy (non-hydrogen) atoms. The van der Waals surface area contributed by atoms with Crippen LogP contribution >= 0.6 is 0 Å². The van der Waals surface area contributed by atoms with Crippen LogP contribution in [0.5, 0.6) is 0 Å². The lowest BCUT2D eigenvalue weighted by Gasteiger charge is -1.96. The molecule has 2 heterocycles. The van der Waals surface area contributed by atoms with Gasteiger partial charge in [0.2, 0.25) is 5.71 Å². The fraction of sp³-hybridized carbons (Fsp3) is 0.333. The lowest BCUT2D eigenvalue weighted by atomic mass is 10.2. The average Bonchev–Trinajstić information content (AvgIpc) is 2.46. The molecule has 68 valence electrons. The van der Waals surface area contributed by atoms with Gasteiger partial charge in [-0.2, -0.15) is 0 Å². The molecule has 0 saturated carbocycles. The number of aromatic nitrogens is 2. The van der Waals surface area contributed by atoms with E-state index in [1.807, 2.05) is 13.0 Å². The summed E-state index contributed by atoms with van der Waals surface area (Å²) >= 11 is 0. The van der Waals surface area contributed by atoms with Crippen LogP contribution in [0.2, 0.25) is 0 Å². The Morgan fingerprint density at radius 1 is 1.38 bits per heavy atom. The van der Waals surface area contributed by atoms with Gasteiger partial charge in [0.25, 0.3) is 0 Å². The van der Waals surface area contributed by atoms with Crippen molar-refractivity contribution in [2.24, 2.45) is 0 Å². The van der Waals surface area contributed by atoms with Gasteiger partial charge in [0, 0.05) is 6.92 Å². The highest BCUT2D eigenvalue weighted by molar-refractivity contribution is 5.72. The van der Waals surface area contributed by atoms with Gasteiger partial charge in [-0.1, -0.05) is 0 Å². The molecule has 0 aromatic carbocycles. The number of pyridine rings is 1. The quantitative estimate of drug-likeness (QED) is 0.715. The molecule has 0 aliphatic rings. The van der Waals surface area contributed by atoms with E-state index in [0.29, 0.717) is 17.3 Å². The van der Waals surface area contributed by atoms with Crippen LogP contribution in [0.15, 0.2) is 10.5 Å². The normalized spacial score (nSPS) is 11.0. The van der Waals surface area contributed by atoms with E-state index in [9.17, 15) is 0 Å². The van der Waals surface area contributed by atoms with E-state index in [1.54, 1.807) is 6.92 Å². The first-order valence-electron chi connectivity index (χ1n) is 4.05.